The van der Waals surface area contributed by atoms with Crippen molar-refractivity contribution in [2.45, 2.75) is 77.4 Å². The Hall–Kier alpha value is -6.90. The van der Waals surface area contributed by atoms with E-state index in [1.54, 1.807) is 24.1 Å². The van der Waals surface area contributed by atoms with Crippen LogP contribution in [0.1, 0.15) is 81.4 Å². The van der Waals surface area contributed by atoms with Crippen molar-refractivity contribution in [2.24, 2.45) is 28.6 Å². The Morgan fingerprint density at radius 1 is 0.871 bits per heavy atom. The first kappa shape index (κ1) is 46.8. The molecule has 70 heavy (non-hydrogen) atoms. The smallest absolute Gasteiger partial charge is 0.262 e. The molecule has 0 radical (unpaired) electrons. The summed E-state index contributed by atoms with van der Waals surface area (Å²) in [6.45, 7) is 15.0. The van der Waals surface area contributed by atoms with Crippen molar-refractivity contribution in [1.29, 1.82) is 0 Å². The molecule has 2 aromatic heterocycles. The number of rotatable bonds is 10. The van der Waals surface area contributed by atoms with Crippen LogP contribution in [0.15, 0.2) is 71.1 Å². The van der Waals surface area contributed by atoms with Crippen molar-refractivity contribution in [2.75, 3.05) is 81.1 Å². The molecule has 3 atom stereocenters. The summed E-state index contributed by atoms with van der Waals surface area (Å²) in [5.41, 5.74) is 6.01. The fraction of sp³-hybridized carbons (Fsp3) is 0.480. The molecule has 0 aliphatic carbocycles. The van der Waals surface area contributed by atoms with Crippen LogP contribution in [0.4, 0.5) is 17.2 Å². The minimum atomic E-state index is -0.966. The third-order valence-corrected chi connectivity index (χ3v) is 15.7. The first-order valence-corrected chi connectivity index (χ1v) is 24.6. The largest absolute Gasteiger partial charge is 0.371 e. The maximum Gasteiger partial charge on any atom is 0.262 e. The third-order valence-electron chi connectivity index (χ3n) is 15.7. The predicted molar refractivity (Wildman–Crippen MR) is 268 cm³/mol. The molecule has 20 heteroatoms. The van der Waals surface area contributed by atoms with Crippen LogP contribution in [0, 0.1) is 11.8 Å². The molecule has 0 saturated carbocycles. The highest BCUT2D eigenvalue weighted by Crippen LogP contribution is 2.35. The second-order valence-corrected chi connectivity index (χ2v) is 19.9. The minimum Gasteiger partial charge on any atom is -0.371 e. The van der Waals surface area contributed by atoms with E-state index >= 15 is 0 Å². The van der Waals surface area contributed by atoms with E-state index in [0.717, 1.165) is 110 Å². The fourth-order valence-electron chi connectivity index (χ4n) is 11.4. The van der Waals surface area contributed by atoms with Gasteiger partial charge in [0.1, 0.15) is 17.6 Å². The molecule has 6 aliphatic rings. The van der Waals surface area contributed by atoms with E-state index in [0.29, 0.717) is 51.9 Å². The minimum absolute atomic E-state index is 0. The predicted octanol–water partition coefficient (Wildman–Crippen LogP) is 3.36. The number of piperazine rings is 1. The number of hydrazine groups is 1. The number of hydrazone groups is 1. The highest BCUT2D eigenvalue weighted by molar-refractivity contribution is 6.23. The summed E-state index contributed by atoms with van der Waals surface area (Å²) in [5.74, 6) is 12.2. The van der Waals surface area contributed by atoms with Crippen LogP contribution in [-0.4, -0.2) is 159 Å². The third kappa shape index (κ3) is 8.83. The number of anilines is 3. The number of aromatic amines is 1. The number of hydrogen-bond acceptors (Lipinski definition) is 14. The topological polar surface area (TPSA) is 238 Å². The highest BCUT2D eigenvalue weighted by atomic mass is 16.2. The number of nitrogens with two attached hydrogens (primary N) is 2. The molecule has 4 saturated heterocycles. The second kappa shape index (κ2) is 19.1. The Kier molecular flexibility index (Phi) is 12.8. The number of H-pyrrole nitrogens is 1. The van der Waals surface area contributed by atoms with Gasteiger partial charge < -0.3 is 30.8 Å². The van der Waals surface area contributed by atoms with Crippen LogP contribution >= 0.6 is 0 Å². The number of hydrogen-bond donors (Lipinski definition) is 5. The average Bonchev–Trinajstić information content (AvgIpc) is 3.89. The summed E-state index contributed by atoms with van der Waals surface area (Å²) in [4.78, 5) is 82.0. The van der Waals surface area contributed by atoms with Crippen molar-refractivity contribution in [3.63, 3.8) is 0 Å². The Bertz CT molecular complexity index is 2800. The number of likely N-dealkylation sites (tertiary alicyclic amines) is 1. The molecule has 5 amide bonds. The standard InChI is InChI=1S/C50H63N15O5.H2/c1-29-26-63(42-23-34(11-16-53-42)45-39-24-35(5-8-40(39)57-58-45)54-47(68)44-30(2)59(4)50(56-51)65(52)31(44)3)22-21-62(29)28-33-12-17-60(18-13-33)27-32-14-19-61(20-15-32)36-6-7-37-38(25-36)49(70)64(48(37)69)41-9-10-43(66)55-46(41)67;/h5-8,11,16,23-25,29,31-33,41H,9-10,12-15,17-22,26-28,51-52H2,1-4H3,(H,54,68)(H,57,58)(H,55,66,67);1H/b56-50-;/t29-,31-,41?;/m0./s1. The maximum absolute atomic E-state index is 13.7. The molecular formula is C50H65N15O5. The summed E-state index contributed by atoms with van der Waals surface area (Å²) in [7, 11) is 1.77. The number of carbonyl (C=O) groups excluding carboxylic acids is 5. The van der Waals surface area contributed by atoms with E-state index in [1.165, 1.54) is 17.9 Å². The monoisotopic (exact) mass is 956 g/mol. The Morgan fingerprint density at radius 3 is 2.36 bits per heavy atom. The molecular weight excluding hydrogens is 891 g/mol. The molecule has 0 bridgehead atoms. The quantitative estimate of drug-likeness (QED) is 0.0871. The van der Waals surface area contributed by atoms with E-state index in [9.17, 15) is 24.0 Å². The number of benzene rings is 2. The molecule has 10 rings (SSSR count). The van der Waals surface area contributed by atoms with Crippen LogP contribution in [-0.2, 0) is 14.4 Å². The summed E-state index contributed by atoms with van der Waals surface area (Å²) in [6, 6.07) is 14.2. The first-order valence-electron chi connectivity index (χ1n) is 24.6. The van der Waals surface area contributed by atoms with Gasteiger partial charge in [-0.3, -0.25) is 49.2 Å². The molecule has 0 spiro atoms. The van der Waals surface area contributed by atoms with Gasteiger partial charge in [-0.25, -0.2) is 10.8 Å². The highest BCUT2D eigenvalue weighted by Gasteiger charge is 2.45. The number of amides is 5. The van der Waals surface area contributed by atoms with Gasteiger partial charge >= 0.3 is 0 Å². The van der Waals surface area contributed by atoms with E-state index in [4.69, 9.17) is 21.8 Å². The Balaban J connectivity index is 0.00000624. The lowest BCUT2D eigenvalue weighted by atomic mass is 9.92. The number of allylic oxidation sites excluding steroid dienone is 1. The number of nitrogens with one attached hydrogen (secondary N) is 3. The van der Waals surface area contributed by atoms with E-state index in [2.05, 4.69) is 53.4 Å². The van der Waals surface area contributed by atoms with Gasteiger partial charge in [0.2, 0.25) is 17.8 Å². The van der Waals surface area contributed by atoms with Crippen LogP contribution in [0.3, 0.4) is 0 Å². The maximum atomic E-state index is 13.7. The summed E-state index contributed by atoms with van der Waals surface area (Å²) in [6.07, 6.45) is 6.60. The summed E-state index contributed by atoms with van der Waals surface area (Å²) < 4.78 is 0. The zero-order valence-electron chi connectivity index (χ0n) is 40.4. The number of fused-ring (bicyclic) bond motifs is 2. The molecule has 8 heterocycles. The number of nitrogens with zero attached hydrogens (tertiary/aromatic N) is 10. The second-order valence-electron chi connectivity index (χ2n) is 19.9. The molecule has 2 aromatic carbocycles. The van der Waals surface area contributed by atoms with Crippen LogP contribution in [0.25, 0.3) is 22.2 Å². The van der Waals surface area contributed by atoms with Crippen LogP contribution < -0.4 is 32.1 Å². The molecule has 1 unspecified atom stereocenters. The van der Waals surface area contributed by atoms with Gasteiger partial charge in [0, 0.05) is 101 Å². The molecule has 7 N–H and O–H groups in total. The lowest BCUT2D eigenvalue weighted by Gasteiger charge is -2.43. The van der Waals surface area contributed by atoms with E-state index in [1.807, 2.05) is 50.4 Å². The molecule has 6 aliphatic heterocycles. The number of guanidine groups is 1. The summed E-state index contributed by atoms with van der Waals surface area (Å²) in [5, 5.41) is 19.3. The van der Waals surface area contributed by atoms with Crippen molar-refractivity contribution < 1.29 is 25.4 Å². The Morgan fingerprint density at radius 2 is 1.61 bits per heavy atom. The van der Waals surface area contributed by atoms with Gasteiger partial charge in [-0.15, -0.1) is 5.10 Å². The SMILES string of the molecule is CC1=C(C(=O)Nc2ccc3[nH]nc(-c4ccnc(N5CCN(CC6CCN(CC7CCN(c8ccc9c(c8)C(=O)N(C8CCC(=O)NC8=O)C9=O)CC7)CC6)[C@@H](C)C5)c4)c3c2)[C@H](C)N(N)/C(=N\N)N1C.[HH]. The average molecular weight is 956 g/mol. The van der Waals surface area contributed by atoms with Gasteiger partial charge in [0.15, 0.2) is 0 Å². The zero-order valence-corrected chi connectivity index (χ0v) is 40.4. The van der Waals surface area contributed by atoms with Gasteiger partial charge in [0.05, 0.1) is 28.3 Å². The molecule has 370 valence electrons. The van der Waals surface area contributed by atoms with Crippen LogP contribution in [0.5, 0.6) is 0 Å². The van der Waals surface area contributed by atoms with Gasteiger partial charge in [0.25, 0.3) is 17.7 Å². The molecule has 20 nitrogen and oxygen atoms in total. The van der Waals surface area contributed by atoms with Crippen molar-refractivity contribution >= 4 is 63.6 Å². The number of imide groups is 2. The van der Waals surface area contributed by atoms with E-state index in [-0.39, 0.29) is 26.1 Å². The molecule has 4 fully saturated rings. The first-order chi connectivity index (χ1) is 33.8. The lowest BCUT2D eigenvalue weighted by Crippen LogP contribution is -2.57. The fourth-order valence-corrected chi connectivity index (χ4v) is 11.4. The zero-order chi connectivity index (χ0) is 49.0. The van der Waals surface area contributed by atoms with Gasteiger partial charge in [-0.2, -0.15) is 5.10 Å². The summed E-state index contributed by atoms with van der Waals surface area (Å²) >= 11 is 0. The van der Waals surface area contributed by atoms with Gasteiger partial charge in [-0.1, -0.05) is 0 Å². The van der Waals surface area contributed by atoms with Crippen LogP contribution in [0.2, 0.25) is 0 Å². The van der Waals surface area contributed by atoms with E-state index < -0.39 is 29.8 Å². The van der Waals surface area contributed by atoms with Crippen molar-refractivity contribution in [3.05, 3.63) is 77.1 Å². The molecule has 4 aromatic rings. The lowest BCUT2D eigenvalue weighted by molar-refractivity contribution is -0.136. The van der Waals surface area contributed by atoms with Crippen molar-refractivity contribution in [1.82, 2.24) is 45.1 Å². The van der Waals surface area contributed by atoms with Gasteiger partial charge in [-0.05, 0) is 126 Å². The van der Waals surface area contributed by atoms with Crippen molar-refractivity contribution in [3.8, 4) is 11.3 Å². The number of aromatic nitrogens is 3. The Labute approximate surface area is 408 Å². The number of piperidine rings is 3. The number of pyridine rings is 1. The number of carbonyl (C=O) groups is 5. The normalized spacial score (nSPS) is 24.1.